The first-order chi connectivity index (χ1) is 14.1. The van der Waals surface area contributed by atoms with E-state index in [1.807, 2.05) is 24.3 Å². The van der Waals surface area contributed by atoms with Gasteiger partial charge >= 0.3 is 0 Å². The van der Waals surface area contributed by atoms with Crippen LogP contribution in [0.3, 0.4) is 0 Å². The number of pyridine rings is 1. The molecule has 148 valence electrons. The molecule has 0 aliphatic carbocycles. The van der Waals surface area contributed by atoms with Gasteiger partial charge in [0, 0.05) is 37.1 Å². The highest BCUT2D eigenvalue weighted by molar-refractivity contribution is 6.06. The number of hydrogen-bond acceptors (Lipinski definition) is 4. The number of methoxy groups -OCH3 is 1. The van der Waals surface area contributed by atoms with Crippen LogP contribution < -0.4 is 10.1 Å². The maximum Gasteiger partial charge on any atom is 0.255 e. The van der Waals surface area contributed by atoms with E-state index in [2.05, 4.69) is 10.3 Å². The summed E-state index contributed by atoms with van der Waals surface area (Å²) in [5.41, 5.74) is 2.56. The molecule has 0 bridgehead atoms. The van der Waals surface area contributed by atoms with Crippen molar-refractivity contribution in [3.63, 3.8) is 0 Å². The molecule has 0 saturated heterocycles. The van der Waals surface area contributed by atoms with E-state index in [9.17, 15) is 9.59 Å². The third-order valence-corrected chi connectivity index (χ3v) is 4.56. The van der Waals surface area contributed by atoms with Gasteiger partial charge in [-0.3, -0.25) is 14.6 Å². The van der Waals surface area contributed by atoms with Crippen LogP contribution in [-0.4, -0.2) is 42.4 Å². The van der Waals surface area contributed by atoms with E-state index in [1.165, 1.54) is 0 Å². The first-order valence-corrected chi connectivity index (χ1v) is 9.27. The molecule has 1 N–H and O–H groups in total. The summed E-state index contributed by atoms with van der Waals surface area (Å²) < 4.78 is 5.26. The predicted octanol–water partition coefficient (Wildman–Crippen LogP) is 3.66. The second-order valence-corrected chi connectivity index (χ2v) is 6.57. The van der Waals surface area contributed by atoms with Gasteiger partial charge < -0.3 is 15.0 Å². The lowest BCUT2D eigenvalue weighted by atomic mass is 10.1. The Balaban J connectivity index is 1.67. The van der Waals surface area contributed by atoms with Crippen LogP contribution in [0.15, 0.2) is 73.1 Å². The van der Waals surface area contributed by atoms with Gasteiger partial charge in [0.05, 0.1) is 12.8 Å². The van der Waals surface area contributed by atoms with Crippen LogP contribution in [0.25, 0.3) is 0 Å². The number of amides is 2. The summed E-state index contributed by atoms with van der Waals surface area (Å²) in [4.78, 5) is 31.0. The quantitative estimate of drug-likeness (QED) is 0.669. The molecule has 0 radical (unpaired) electrons. The fourth-order valence-corrected chi connectivity index (χ4v) is 2.90. The normalized spacial score (nSPS) is 10.3. The lowest BCUT2D eigenvalue weighted by molar-refractivity contribution is 0.0796. The van der Waals surface area contributed by atoms with Crippen LogP contribution in [0.5, 0.6) is 5.75 Å². The fraction of sp³-hybridized carbons (Fsp3) is 0.174. The molecule has 0 fully saturated rings. The van der Waals surface area contributed by atoms with E-state index in [1.54, 1.807) is 67.8 Å². The highest BCUT2D eigenvalue weighted by Crippen LogP contribution is 2.23. The largest absolute Gasteiger partial charge is 0.495 e. The number of rotatable bonds is 7. The first kappa shape index (κ1) is 20.1. The molecule has 6 nitrogen and oxygen atoms in total. The molecule has 2 aromatic carbocycles. The minimum Gasteiger partial charge on any atom is -0.495 e. The number of hydrogen-bond donors (Lipinski definition) is 1. The maximum absolute atomic E-state index is 12.8. The number of nitrogens with zero attached hydrogens (tertiary/aromatic N) is 2. The van der Waals surface area contributed by atoms with Gasteiger partial charge in [-0.15, -0.1) is 0 Å². The van der Waals surface area contributed by atoms with Crippen LogP contribution in [0.1, 0.15) is 26.3 Å². The van der Waals surface area contributed by atoms with Gasteiger partial charge in [0.25, 0.3) is 11.8 Å². The Bertz CT molecular complexity index is 989. The number of nitrogens with one attached hydrogen (secondary N) is 1. The van der Waals surface area contributed by atoms with Crippen LogP contribution in [0.4, 0.5) is 5.69 Å². The summed E-state index contributed by atoms with van der Waals surface area (Å²) >= 11 is 0. The Kier molecular flexibility index (Phi) is 6.58. The van der Waals surface area contributed by atoms with Crippen molar-refractivity contribution >= 4 is 17.5 Å². The molecule has 1 aromatic heterocycles. The Hall–Kier alpha value is -3.67. The molecule has 6 heteroatoms. The van der Waals surface area contributed by atoms with Crippen molar-refractivity contribution in [1.29, 1.82) is 0 Å². The Morgan fingerprint density at radius 1 is 1.00 bits per heavy atom. The molecule has 3 rings (SSSR count). The van der Waals surface area contributed by atoms with E-state index in [0.717, 1.165) is 12.0 Å². The van der Waals surface area contributed by atoms with Crippen LogP contribution >= 0.6 is 0 Å². The summed E-state index contributed by atoms with van der Waals surface area (Å²) in [5, 5.41) is 2.83. The third kappa shape index (κ3) is 5.19. The van der Waals surface area contributed by atoms with Gasteiger partial charge in [0.15, 0.2) is 0 Å². The number of aromatic nitrogens is 1. The Morgan fingerprint density at radius 3 is 2.48 bits per heavy atom. The second-order valence-electron chi connectivity index (χ2n) is 6.57. The van der Waals surface area contributed by atoms with E-state index >= 15 is 0 Å². The molecule has 0 atom stereocenters. The molecule has 0 unspecified atom stereocenters. The van der Waals surface area contributed by atoms with Crippen molar-refractivity contribution < 1.29 is 14.3 Å². The third-order valence-electron chi connectivity index (χ3n) is 4.56. The van der Waals surface area contributed by atoms with Crippen molar-refractivity contribution in [1.82, 2.24) is 9.88 Å². The number of benzene rings is 2. The smallest absolute Gasteiger partial charge is 0.255 e. The number of likely N-dealkylation sites (N-methyl/N-ethyl adjacent to an activating group) is 1. The molecule has 0 spiro atoms. The molecule has 2 amide bonds. The average molecular weight is 389 g/mol. The number of carbonyl (C=O) groups is 2. The highest BCUT2D eigenvalue weighted by atomic mass is 16.5. The van der Waals surface area contributed by atoms with Gasteiger partial charge in [0.2, 0.25) is 0 Å². The van der Waals surface area contributed by atoms with E-state index in [0.29, 0.717) is 29.1 Å². The summed E-state index contributed by atoms with van der Waals surface area (Å²) in [5.74, 6) is 0.138. The molecular weight excluding hydrogens is 366 g/mol. The summed E-state index contributed by atoms with van der Waals surface area (Å²) in [7, 11) is 3.30. The van der Waals surface area contributed by atoms with Gasteiger partial charge in [-0.2, -0.15) is 0 Å². The summed E-state index contributed by atoms with van der Waals surface area (Å²) in [6.45, 7) is 0.570. The zero-order valence-corrected chi connectivity index (χ0v) is 16.5. The average Bonchev–Trinajstić information content (AvgIpc) is 2.78. The summed E-state index contributed by atoms with van der Waals surface area (Å²) in [6.07, 6.45) is 4.21. The van der Waals surface area contributed by atoms with Crippen molar-refractivity contribution in [2.24, 2.45) is 0 Å². The van der Waals surface area contributed by atoms with Gasteiger partial charge in [0.1, 0.15) is 5.75 Å². The number of anilines is 1. The number of ether oxygens (including phenoxy) is 1. The van der Waals surface area contributed by atoms with E-state index in [4.69, 9.17) is 4.74 Å². The minimum absolute atomic E-state index is 0.133. The number of para-hydroxylation sites is 2. The Labute approximate surface area is 170 Å². The van der Waals surface area contributed by atoms with Gasteiger partial charge in [-0.05, 0) is 54.4 Å². The highest BCUT2D eigenvalue weighted by Gasteiger charge is 2.15. The van der Waals surface area contributed by atoms with Gasteiger partial charge in [-0.25, -0.2) is 0 Å². The molecule has 29 heavy (non-hydrogen) atoms. The molecule has 0 saturated carbocycles. The maximum atomic E-state index is 12.8. The van der Waals surface area contributed by atoms with Crippen LogP contribution in [0, 0.1) is 0 Å². The van der Waals surface area contributed by atoms with Crippen molar-refractivity contribution in [3.8, 4) is 5.75 Å². The number of carbonyl (C=O) groups excluding carboxylic acids is 2. The lowest BCUT2D eigenvalue weighted by Gasteiger charge is -2.17. The zero-order valence-electron chi connectivity index (χ0n) is 16.5. The predicted molar refractivity (Wildman–Crippen MR) is 112 cm³/mol. The fourth-order valence-electron chi connectivity index (χ4n) is 2.90. The minimum atomic E-state index is -0.302. The van der Waals surface area contributed by atoms with Crippen molar-refractivity contribution in [2.75, 3.05) is 26.0 Å². The molecule has 0 aliphatic heterocycles. The molecular formula is C23H23N3O3. The lowest BCUT2D eigenvalue weighted by Crippen LogP contribution is -2.29. The van der Waals surface area contributed by atoms with E-state index in [-0.39, 0.29) is 11.8 Å². The molecule has 3 aromatic rings. The first-order valence-electron chi connectivity index (χ1n) is 9.27. The van der Waals surface area contributed by atoms with Crippen LogP contribution in [-0.2, 0) is 6.42 Å². The second kappa shape index (κ2) is 9.50. The Morgan fingerprint density at radius 2 is 1.72 bits per heavy atom. The topological polar surface area (TPSA) is 71.5 Å². The summed E-state index contributed by atoms with van der Waals surface area (Å²) in [6, 6.07) is 17.8. The van der Waals surface area contributed by atoms with Crippen molar-refractivity contribution in [3.05, 3.63) is 89.7 Å². The molecule has 0 aliphatic rings. The zero-order chi connectivity index (χ0) is 20.6. The van der Waals surface area contributed by atoms with Crippen molar-refractivity contribution in [2.45, 2.75) is 6.42 Å². The SMILES string of the molecule is COc1ccccc1NC(=O)c1cccc(C(=O)N(C)CCc2ccncc2)c1. The monoisotopic (exact) mass is 389 g/mol. The van der Waals surface area contributed by atoms with Gasteiger partial charge in [-0.1, -0.05) is 18.2 Å². The van der Waals surface area contributed by atoms with Crippen LogP contribution in [0.2, 0.25) is 0 Å². The van der Waals surface area contributed by atoms with E-state index < -0.39 is 0 Å². The molecule has 1 heterocycles. The standard InChI is InChI=1S/C23H23N3O3/c1-26(15-12-17-10-13-24-14-11-17)23(28)19-7-5-6-18(16-19)22(27)25-20-8-3-4-9-21(20)29-2/h3-11,13-14,16H,12,15H2,1-2H3,(H,25,27).